The van der Waals surface area contributed by atoms with Crippen LogP contribution >= 0.6 is 11.3 Å². The topological polar surface area (TPSA) is 3.24 Å². The number of thiophene rings is 1. The molecule has 0 unspecified atom stereocenters. The Balaban J connectivity index is 1.17. The highest BCUT2D eigenvalue weighted by molar-refractivity contribution is 7.26. The minimum atomic E-state index is -0.307. The zero-order valence-corrected chi connectivity index (χ0v) is 33.9. The Bertz CT molecular complexity index is 3360. The maximum absolute atomic E-state index is 2.60. The minimum absolute atomic E-state index is 0.129. The van der Waals surface area contributed by atoms with Crippen molar-refractivity contribution >= 4 is 70.1 Å². The normalized spacial score (nSPS) is 14.5. The van der Waals surface area contributed by atoms with Crippen molar-refractivity contribution in [3.05, 3.63) is 198 Å². The highest BCUT2D eigenvalue weighted by atomic mass is 32.1. The summed E-state index contributed by atoms with van der Waals surface area (Å²) in [7, 11) is 0. The minimum Gasteiger partial charge on any atom is -0.309 e. The molecule has 0 bridgehead atoms. The molecule has 276 valence electrons. The standard InChI is InChI=1S/C56H41NS/c1-55(2)45-21-9-7-17-40(45)41-31-29-38(33-47(41)55)57(49-24-12-19-43-42-18-8-10-25-50(42)58-54(43)49)48-23-13-20-44-52-39(37-27-26-34-14-5-6-15-36(34)32-37)30-28-35-16-11-22-46(51(35)52)56(3,4)53(44)48/h5-33H,1-4H3. The highest BCUT2D eigenvalue weighted by Crippen LogP contribution is 2.58. The Hall–Kier alpha value is -6.48. The molecule has 0 radical (unpaired) electrons. The first-order valence-electron chi connectivity index (χ1n) is 20.4. The van der Waals surface area contributed by atoms with E-state index >= 15 is 0 Å². The van der Waals surface area contributed by atoms with Gasteiger partial charge in [-0.1, -0.05) is 167 Å². The van der Waals surface area contributed by atoms with Gasteiger partial charge in [-0.05, 0) is 114 Å². The van der Waals surface area contributed by atoms with E-state index in [9.17, 15) is 0 Å². The van der Waals surface area contributed by atoms with E-state index < -0.39 is 0 Å². The van der Waals surface area contributed by atoms with Crippen LogP contribution in [-0.2, 0) is 10.8 Å². The number of nitrogens with zero attached hydrogens (tertiary/aromatic N) is 1. The number of hydrogen-bond acceptors (Lipinski definition) is 2. The van der Waals surface area contributed by atoms with Gasteiger partial charge in [-0.3, -0.25) is 0 Å². The highest BCUT2D eigenvalue weighted by Gasteiger charge is 2.40. The molecular formula is C56H41NS. The fourth-order valence-corrected chi connectivity index (χ4v) is 11.9. The third-order valence-electron chi connectivity index (χ3n) is 13.4. The van der Waals surface area contributed by atoms with Gasteiger partial charge in [-0.25, -0.2) is 0 Å². The number of benzene rings is 9. The van der Waals surface area contributed by atoms with Crippen LogP contribution in [0.5, 0.6) is 0 Å². The summed E-state index contributed by atoms with van der Waals surface area (Å²) in [5.41, 5.74) is 16.5. The molecule has 1 nitrogen and oxygen atoms in total. The smallest absolute Gasteiger partial charge is 0.0640 e. The van der Waals surface area contributed by atoms with Crippen LogP contribution in [0.2, 0.25) is 0 Å². The lowest BCUT2D eigenvalue weighted by molar-refractivity contribution is 0.645. The first kappa shape index (κ1) is 33.6. The van der Waals surface area contributed by atoms with Crippen molar-refractivity contribution < 1.29 is 0 Å². The molecule has 2 heteroatoms. The summed E-state index contributed by atoms with van der Waals surface area (Å²) in [5, 5.41) is 7.78. The molecule has 0 aliphatic heterocycles. The Labute approximate surface area is 343 Å². The van der Waals surface area contributed by atoms with Crippen LogP contribution in [0.15, 0.2) is 176 Å². The molecule has 0 fully saturated rings. The van der Waals surface area contributed by atoms with E-state index in [4.69, 9.17) is 0 Å². The van der Waals surface area contributed by atoms with Gasteiger partial charge in [0.25, 0.3) is 0 Å². The number of anilines is 3. The summed E-state index contributed by atoms with van der Waals surface area (Å²) in [6.07, 6.45) is 0. The molecule has 1 heterocycles. The molecule has 2 aliphatic carbocycles. The lowest BCUT2D eigenvalue weighted by atomic mass is 9.66. The summed E-state index contributed by atoms with van der Waals surface area (Å²) in [5.74, 6) is 0. The maximum atomic E-state index is 2.60. The Kier molecular flexibility index (Phi) is 6.97. The molecule has 0 N–H and O–H groups in total. The van der Waals surface area contributed by atoms with Crippen LogP contribution < -0.4 is 4.90 Å². The quantitative estimate of drug-likeness (QED) is 0.173. The largest absolute Gasteiger partial charge is 0.309 e. The second kappa shape index (κ2) is 12.0. The van der Waals surface area contributed by atoms with Crippen LogP contribution in [0.3, 0.4) is 0 Å². The third kappa shape index (κ3) is 4.58. The van der Waals surface area contributed by atoms with Gasteiger partial charge in [-0.15, -0.1) is 11.3 Å². The molecule has 0 saturated heterocycles. The Morgan fingerprint density at radius 3 is 2.00 bits per heavy atom. The molecule has 12 rings (SSSR count). The Morgan fingerprint density at radius 1 is 0.431 bits per heavy atom. The zero-order valence-electron chi connectivity index (χ0n) is 33.1. The fraction of sp³-hybridized carbons (Fsp3) is 0.107. The van der Waals surface area contributed by atoms with Crippen molar-refractivity contribution in [1.82, 2.24) is 0 Å². The van der Waals surface area contributed by atoms with E-state index in [1.54, 1.807) is 0 Å². The van der Waals surface area contributed by atoms with Crippen molar-refractivity contribution in [1.29, 1.82) is 0 Å². The van der Waals surface area contributed by atoms with E-state index in [0.717, 1.165) is 0 Å². The molecule has 1 aromatic heterocycles. The van der Waals surface area contributed by atoms with Crippen molar-refractivity contribution in [3.63, 3.8) is 0 Å². The lowest BCUT2D eigenvalue weighted by Gasteiger charge is -2.40. The van der Waals surface area contributed by atoms with Crippen LogP contribution in [0.25, 0.3) is 75.1 Å². The van der Waals surface area contributed by atoms with Crippen LogP contribution in [-0.4, -0.2) is 0 Å². The van der Waals surface area contributed by atoms with Gasteiger partial charge in [0.15, 0.2) is 0 Å². The van der Waals surface area contributed by atoms with E-state index in [2.05, 4.69) is 209 Å². The molecule has 0 amide bonds. The van der Waals surface area contributed by atoms with Crippen molar-refractivity contribution in [2.75, 3.05) is 4.90 Å². The molecule has 10 aromatic rings. The molecule has 0 spiro atoms. The predicted octanol–water partition coefficient (Wildman–Crippen LogP) is 16.1. The van der Waals surface area contributed by atoms with Gasteiger partial charge < -0.3 is 4.90 Å². The van der Waals surface area contributed by atoms with Crippen LogP contribution in [0.1, 0.15) is 49.9 Å². The van der Waals surface area contributed by atoms with Gasteiger partial charge in [0.1, 0.15) is 0 Å². The van der Waals surface area contributed by atoms with E-state index in [0.29, 0.717) is 0 Å². The van der Waals surface area contributed by atoms with Crippen LogP contribution in [0.4, 0.5) is 17.1 Å². The summed E-state index contributed by atoms with van der Waals surface area (Å²) >= 11 is 1.90. The van der Waals surface area contributed by atoms with Crippen molar-refractivity contribution in [3.8, 4) is 33.4 Å². The predicted molar refractivity (Wildman–Crippen MR) is 250 cm³/mol. The number of rotatable bonds is 4. The van der Waals surface area contributed by atoms with Gasteiger partial charge >= 0.3 is 0 Å². The van der Waals surface area contributed by atoms with Gasteiger partial charge in [0, 0.05) is 32.0 Å². The summed E-state index contributed by atoms with van der Waals surface area (Å²) in [4.78, 5) is 2.60. The second-order valence-electron chi connectivity index (χ2n) is 17.3. The SMILES string of the molecule is CC1(C)c2ccccc2-c2ccc(N(c3cccc4c3C(C)(C)c3cccc5ccc(-c6ccc7ccccc7c6)c-4c35)c3cccc4c3sc3ccccc34)cc21. The number of hydrogen-bond donors (Lipinski definition) is 0. The van der Waals surface area contributed by atoms with E-state index in [1.807, 2.05) is 11.3 Å². The molecule has 0 saturated carbocycles. The van der Waals surface area contributed by atoms with Crippen molar-refractivity contribution in [2.24, 2.45) is 0 Å². The van der Waals surface area contributed by atoms with Gasteiger partial charge in [-0.2, -0.15) is 0 Å². The summed E-state index contributed by atoms with van der Waals surface area (Å²) in [6, 6.07) is 66.3. The number of fused-ring (bicyclic) bond motifs is 9. The lowest BCUT2D eigenvalue weighted by Crippen LogP contribution is -2.27. The van der Waals surface area contributed by atoms with Gasteiger partial charge in [0.05, 0.1) is 16.1 Å². The molecule has 0 atom stereocenters. The molecule has 2 aliphatic rings. The van der Waals surface area contributed by atoms with E-state index in [-0.39, 0.29) is 10.8 Å². The average Bonchev–Trinajstić information content (AvgIpc) is 3.75. The summed E-state index contributed by atoms with van der Waals surface area (Å²) < 4.78 is 2.61. The monoisotopic (exact) mass is 759 g/mol. The first-order chi connectivity index (χ1) is 28.3. The molecular weight excluding hydrogens is 719 g/mol. The summed E-state index contributed by atoms with van der Waals surface area (Å²) in [6.45, 7) is 9.66. The average molecular weight is 760 g/mol. The molecule has 58 heavy (non-hydrogen) atoms. The fourth-order valence-electron chi connectivity index (χ4n) is 10.7. The van der Waals surface area contributed by atoms with E-state index in [1.165, 1.54) is 114 Å². The Morgan fingerprint density at radius 2 is 1.09 bits per heavy atom. The van der Waals surface area contributed by atoms with Crippen LogP contribution in [0, 0.1) is 0 Å². The van der Waals surface area contributed by atoms with Crippen molar-refractivity contribution in [2.45, 2.75) is 38.5 Å². The maximum Gasteiger partial charge on any atom is 0.0640 e. The second-order valence-corrected chi connectivity index (χ2v) is 18.3. The first-order valence-corrected chi connectivity index (χ1v) is 21.2. The molecule has 9 aromatic carbocycles. The van der Waals surface area contributed by atoms with Gasteiger partial charge in [0.2, 0.25) is 0 Å². The zero-order chi connectivity index (χ0) is 38.9. The third-order valence-corrected chi connectivity index (χ3v) is 14.6.